The quantitative estimate of drug-likeness (QED) is 0.897. The fourth-order valence-corrected chi connectivity index (χ4v) is 4.05. The molecule has 0 radical (unpaired) electrons. The largest absolute Gasteiger partial charge is 0.478 e. The van der Waals surface area contributed by atoms with Crippen LogP contribution in [-0.4, -0.2) is 19.5 Å². The Morgan fingerprint density at radius 1 is 1.09 bits per heavy atom. The van der Waals surface area contributed by atoms with E-state index in [1.54, 1.807) is 26.0 Å². The van der Waals surface area contributed by atoms with Gasteiger partial charge < -0.3 is 5.11 Å². The molecule has 23 heavy (non-hydrogen) atoms. The summed E-state index contributed by atoms with van der Waals surface area (Å²) in [7, 11) is -3.91. The molecule has 0 unspecified atom stereocenters. The second-order valence-corrected chi connectivity index (χ2v) is 6.95. The Balaban J connectivity index is 2.48. The summed E-state index contributed by atoms with van der Waals surface area (Å²) < 4.78 is 40.8. The van der Waals surface area contributed by atoms with Gasteiger partial charge >= 0.3 is 5.97 Å². The van der Waals surface area contributed by atoms with Gasteiger partial charge in [0, 0.05) is 5.69 Å². The highest BCUT2D eigenvalue weighted by Gasteiger charge is 2.21. The molecule has 2 aromatic rings. The summed E-state index contributed by atoms with van der Waals surface area (Å²) in [6, 6.07) is 6.53. The van der Waals surface area contributed by atoms with Gasteiger partial charge in [0.2, 0.25) is 0 Å². The molecule has 0 aliphatic heterocycles. The Kier molecular flexibility index (Phi) is 4.42. The van der Waals surface area contributed by atoms with Gasteiger partial charge in [-0.2, -0.15) is 0 Å². The molecule has 0 spiro atoms. The molecule has 7 heteroatoms. The van der Waals surface area contributed by atoms with Crippen LogP contribution in [0.15, 0.2) is 35.2 Å². The van der Waals surface area contributed by atoms with Crippen molar-refractivity contribution >= 4 is 21.7 Å². The molecule has 0 amide bonds. The lowest BCUT2D eigenvalue weighted by Gasteiger charge is -2.14. The van der Waals surface area contributed by atoms with E-state index in [0.29, 0.717) is 11.1 Å². The molecule has 0 bridgehead atoms. The summed E-state index contributed by atoms with van der Waals surface area (Å²) in [5.41, 5.74) is 1.49. The SMILES string of the molecule is Cc1cc(C)c(S(=O)(=O)Nc2ccc(F)c(C(=O)O)c2)c(C)c1. The van der Waals surface area contributed by atoms with E-state index in [4.69, 9.17) is 5.11 Å². The normalized spacial score (nSPS) is 11.3. The second kappa shape index (κ2) is 6.00. The van der Waals surface area contributed by atoms with Crippen LogP contribution in [0.1, 0.15) is 27.0 Å². The van der Waals surface area contributed by atoms with Crippen LogP contribution in [-0.2, 0) is 10.0 Å². The number of nitrogens with one attached hydrogen (secondary N) is 1. The van der Waals surface area contributed by atoms with Crippen molar-refractivity contribution in [2.45, 2.75) is 25.7 Å². The minimum atomic E-state index is -3.91. The van der Waals surface area contributed by atoms with Crippen molar-refractivity contribution in [2.24, 2.45) is 0 Å². The molecule has 0 saturated carbocycles. The second-order valence-electron chi connectivity index (χ2n) is 5.33. The minimum absolute atomic E-state index is 0.0109. The standard InChI is InChI=1S/C16H16FNO4S/c1-9-6-10(2)15(11(3)7-9)23(21,22)18-12-4-5-14(17)13(8-12)16(19)20/h4-8,18H,1-3H3,(H,19,20). The Bertz CT molecular complexity index is 868. The Hall–Kier alpha value is -2.41. The first-order valence-corrected chi connectivity index (χ1v) is 8.23. The highest BCUT2D eigenvalue weighted by Crippen LogP contribution is 2.25. The maximum Gasteiger partial charge on any atom is 0.338 e. The van der Waals surface area contributed by atoms with Gasteiger partial charge in [0.05, 0.1) is 10.5 Å². The third kappa shape index (κ3) is 3.50. The summed E-state index contributed by atoms with van der Waals surface area (Å²) >= 11 is 0. The van der Waals surface area contributed by atoms with Crippen molar-refractivity contribution < 1.29 is 22.7 Å². The first-order valence-electron chi connectivity index (χ1n) is 6.75. The molecular formula is C16H16FNO4S. The van der Waals surface area contributed by atoms with Crippen molar-refractivity contribution in [1.82, 2.24) is 0 Å². The first kappa shape index (κ1) is 17.0. The number of hydrogen-bond donors (Lipinski definition) is 2. The van der Waals surface area contributed by atoms with Crippen molar-refractivity contribution in [2.75, 3.05) is 4.72 Å². The van der Waals surface area contributed by atoms with Crippen LogP contribution in [0.2, 0.25) is 0 Å². The highest BCUT2D eigenvalue weighted by atomic mass is 32.2. The van der Waals surface area contributed by atoms with Gasteiger partial charge in [-0.3, -0.25) is 4.72 Å². The molecule has 0 aromatic heterocycles. The average molecular weight is 337 g/mol. The van der Waals surface area contributed by atoms with Gasteiger partial charge in [0.15, 0.2) is 0 Å². The number of anilines is 1. The monoisotopic (exact) mass is 337 g/mol. The predicted molar refractivity (Wildman–Crippen MR) is 84.8 cm³/mol. The molecule has 5 nitrogen and oxygen atoms in total. The number of benzene rings is 2. The van der Waals surface area contributed by atoms with E-state index in [-0.39, 0.29) is 10.6 Å². The van der Waals surface area contributed by atoms with Crippen molar-refractivity contribution in [1.29, 1.82) is 0 Å². The maximum atomic E-state index is 13.4. The number of carboxylic acid groups (broad SMARTS) is 1. The number of hydrogen-bond acceptors (Lipinski definition) is 3. The summed E-state index contributed by atoms with van der Waals surface area (Å²) in [5, 5.41) is 8.91. The lowest BCUT2D eigenvalue weighted by atomic mass is 10.1. The third-order valence-electron chi connectivity index (χ3n) is 3.32. The van der Waals surface area contributed by atoms with Crippen LogP contribution in [0.5, 0.6) is 0 Å². The number of sulfonamides is 1. The van der Waals surface area contributed by atoms with Gasteiger partial charge in [0.1, 0.15) is 5.82 Å². The van der Waals surface area contributed by atoms with Crippen LogP contribution >= 0.6 is 0 Å². The zero-order chi connectivity index (χ0) is 17.4. The Morgan fingerprint density at radius 3 is 2.17 bits per heavy atom. The van der Waals surface area contributed by atoms with E-state index in [1.165, 1.54) is 6.07 Å². The van der Waals surface area contributed by atoms with E-state index in [9.17, 15) is 17.6 Å². The molecule has 0 saturated heterocycles. The summed E-state index contributed by atoms with van der Waals surface area (Å²) in [6.45, 7) is 5.23. The Labute approximate surface area is 133 Å². The number of carbonyl (C=O) groups is 1. The van der Waals surface area contributed by atoms with Crippen LogP contribution in [0.3, 0.4) is 0 Å². The first-order chi connectivity index (χ1) is 10.6. The molecule has 2 aromatic carbocycles. The van der Waals surface area contributed by atoms with Crippen molar-refractivity contribution in [3.05, 3.63) is 58.4 Å². The smallest absolute Gasteiger partial charge is 0.338 e. The summed E-state index contributed by atoms with van der Waals surface area (Å²) in [4.78, 5) is 11.1. The van der Waals surface area contributed by atoms with E-state index < -0.39 is 27.4 Å². The molecule has 0 atom stereocenters. The predicted octanol–water partition coefficient (Wildman–Crippen LogP) is 3.25. The number of aromatic carboxylic acids is 1. The van der Waals surface area contributed by atoms with Gasteiger partial charge in [-0.05, 0) is 50.1 Å². The van der Waals surface area contributed by atoms with Crippen molar-refractivity contribution in [3.8, 4) is 0 Å². The molecule has 0 fully saturated rings. The third-order valence-corrected chi connectivity index (χ3v) is 5.01. The molecular weight excluding hydrogens is 321 g/mol. The fourth-order valence-electron chi connectivity index (χ4n) is 2.55. The van der Waals surface area contributed by atoms with Gasteiger partial charge in [0.25, 0.3) is 10.0 Å². The number of aryl methyl sites for hydroxylation is 3. The topological polar surface area (TPSA) is 83.5 Å². The van der Waals surface area contributed by atoms with Crippen LogP contribution < -0.4 is 4.72 Å². The molecule has 0 aliphatic rings. The maximum absolute atomic E-state index is 13.4. The number of rotatable bonds is 4. The zero-order valence-corrected chi connectivity index (χ0v) is 13.7. The Morgan fingerprint density at radius 2 is 1.65 bits per heavy atom. The van der Waals surface area contributed by atoms with Crippen LogP contribution in [0.25, 0.3) is 0 Å². The minimum Gasteiger partial charge on any atom is -0.478 e. The van der Waals surface area contributed by atoms with Crippen LogP contribution in [0, 0.1) is 26.6 Å². The molecule has 0 heterocycles. The lowest BCUT2D eigenvalue weighted by Crippen LogP contribution is -2.16. The van der Waals surface area contributed by atoms with E-state index in [1.807, 2.05) is 6.92 Å². The number of halogens is 1. The molecule has 0 aliphatic carbocycles. The van der Waals surface area contributed by atoms with Crippen LogP contribution in [0.4, 0.5) is 10.1 Å². The van der Waals surface area contributed by atoms with E-state index in [0.717, 1.165) is 17.7 Å². The average Bonchev–Trinajstić information content (AvgIpc) is 2.38. The molecule has 122 valence electrons. The highest BCUT2D eigenvalue weighted by molar-refractivity contribution is 7.92. The lowest BCUT2D eigenvalue weighted by molar-refractivity contribution is 0.0692. The molecule has 2 N–H and O–H groups in total. The molecule has 2 rings (SSSR count). The van der Waals surface area contributed by atoms with E-state index >= 15 is 0 Å². The summed E-state index contributed by atoms with van der Waals surface area (Å²) in [5.74, 6) is -2.39. The number of carboxylic acids is 1. The summed E-state index contributed by atoms with van der Waals surface area (Å²) in [6.07, 6.45) is 0. The van der Waals surface area contributed by atoms with Gasteiger partial charge in [-0.15, -0.1) is 0 Å². The van der Waals surface area contributed by atoms with Gasteiger partial charge in [-0.1, -0.05) is 17.7 Å². The van der Waals surface area contributed by atoms with Crippen molar-refractivity contribution in [3.63, 3.8) is 0 Å². The zero-order valence-electron chi connectivity index (χ0n) is 12.8. The fraction of sp³-hybridized carbons (Fsp3) is 0.188. The van der Waals surface area contributed by atoms with E-state index in [2.05, 4.69) is 4.72 Å². The van der Waals surface area contributed by atoms with Gasteiger partial charge in [-0.25, -0.2) is 17.6 Å².